The summed E-state index contributed by atoms with van der Waals surface area (Å²) in [6, 6.07) is 16.7. The van der Waals surface area contributed by atoms with Gasteiger partial charge in [-0.2, -0.15) is 0 Å². The molecule has 1 atom stereocenters. The molecule has 2 aromatic carbocycles. The molecule has 1 fully saturated rings. The van der Waals surface area contributed by atoms with Crippen LogP contribution < -0.4 is 9.47 Å². The lowest BCUT2D eigenvalue weighted by Crippen LogP contribution is -2.39. The molecule has 0 spiro atoms. The third kappa shape index (κ3) is 6.61. The van der Waals surface area contributed by atoms with Crippen LogP contribution in [0.4, 0.5) is 0 Å². The highest BCUT2D eigenvalue weighted by atomic mass is 16.5. The number of nitrogens with zero attached hydrogens (tertiary/aromatic N) is 3. The predicted octanol–water partition coefficient (Wildman–Crippen LogP) is 5.03. The van der Waals surface area contributed by atoms with Gasteiger partial charge in [0, 0.05) is 32.6 Å². The highest BCUT2D eigenvalue weighted by Gasteiger charge is 2.33. The van der Waals surface area contributed by atoms with Gasteiger partial charge in [-0.1, -0.05) is 29.8 Å². The maximum absolute atomic E-state index is 6.13. The molecule has 0 aliphatic carbocycles. The molecule has 1 unspecified atom stereocenters. The molecule has 0 N–H and O–H groups in total. The molecule has 2 heterocycles. The molecule has 4 rings (SSSR count). The van der Waals surface area contributed by atoms with E-state index < -0.39 is 0 Å². The standard InChI is InChI=1S/C28H37N3O3/c1-23-8-10-26(11-9-23)34-22-28(32-3)12-5-15-30(16-13-28)21-25-6-4-7-27(20-25)33-19-18-31-17-14-29-24(31)2/h4,6-11,14,17,20H,5,12-13,15-16,18-19,21-22H2,1-3H3. The molecular weight excluding hydrogens is 426 g/mol. The van der Waals surface area contributed by atoms with E-state index in [0.29, 0.717) is 13.2 Å². The lowest BCUT2D eigenvalue weighted by molar-refractivity contribution is -0.0541. The fourth-order valence-corrected chi connectivity index (χ4v) is 4.53. The van der Waals surface area contributed by atoms with Crippen molar-refractivity contribution in [2.75, 3.05) is 33.4 Å². The second-order valence-corrected chi connectivity index (χ2v) is 9.28. The Morgan fingerprint density at radius 3 is 2.59 bits per heavy atom. The van der Waals surface area contributed by atoms with Crippen molar-refractivity contribution in [3.63, 3.8) is 0 Å². The Bertz CT molecular complexity index is 1030. The van der Waals surface area contributed by atoms with E-state index in [4.69, 9.17) is 14.2 Å². The van der Waals surface area contributed by atoms with Crippen LogP contribution in [-0.4, -0.2) is 53.5 Å². The van der Waals surface area contributed by atoms with Gasteiger partial charge < -0.3 is 18.8 Å². The number of likely N-dealkylation sites (tertiary alicyclic amines) is 1. The van der Waals surface area contributed by atoms with E-state index in [1.54, 1.807) is 0 Å². The first-order valence-electron chi connectivity index (χ1n) is 12.2. The third-order valence-corrected chi connectivity index (χ3v) is 6.78. The lowest BCUT2D eigenvalue weighted by atomic mass is 9.95. The van der Waals surface area contributed by atoms with Crippen LogP contribution in [0.2, 0.25) is 0 Å². The largest absolute Gasteiger partial charge is 0.492 e. The van der Waals surface area contributed by atoms with Crippen molar-refractivity contribution in [2.45, 2.75) is 51.8 Å². The monoisotopic (exact) mass is 463 g/mol. The van der Waals surface area contributed by atoms with E-state index >= 15 is 0 Å². The van der Waals surface area contributed by atoms with Crippen LogP contribution in [0, 0.1) is 13.8 Å². The summed E-state index contributed by atoms with van der Waals surface area (Å²) in [6.07, 6.45) is 6.86. The Morgan fingerprint density at radius 2 is 1.82 bits per heavy atom. The van der Waals surface area contributed by atoms with Gasteiger partial charge in [0.15, 0.2) is 0 Å². The van der Waals surface area contributed by atoms with Crippen LogP contribution >= 0.6 is 0 Å². The summed E-state index contributed by atoms with van der Waals surface area (Å²) in [5.41, 5.74) is 2.27. The Balaban J connectivity index is 1.28. The third-order valence-electron chi connectivity index (χ3n) is 6.78. The van der Waals surface area contributed by atoms with Crippen LogP contribution in [0.3, 0.4) is 0 Å². The fourth-order valence-electron chi connectivity index (χ4n) is 4.53. The minimum absolute atomic E-state index is 0.240. The van der Waals surface area contributed by atoms with E-state index in [-0.39, 0.29) is 5.60 Å². The highest BCUT2D eigenvalue weighted by Crippen LogP contribution is 2.28. The average molecular weight is 464 g/mol. The minimum Gasteiger partial charge on any atom is -0.492 e. The van der Waals surface area contributed by atoms with Gasteiger partial charge in [0.25, 0.3) is 0 Å². The maximum Gasteiger partial charge on any atom is 0.119 e. The van der Waals surface area contributed by atoms with Gasteiger partial charge in [-0.25, -0.2) is 4.98 Å². The summed E-state index contributed by atoms with van der Waals surface area (Å²) < 4.78 is 20.3. The first kappa shape index (κ1) is 24.3. The van der Waals surface area contributed by atoms with Crippen LogP contribution in [0.25, 0.3) is 0 Å². The minimum atomic E-state index is -0.240. The molecule has 0 radical (unpaired) electrons. The number of ether oxygens (including phenoxy) is 3. The Hall–Kier alpha value is -2.83. The molecule has 0 bridgehead atoms. The summed E-state index contributed by atoms with van der Waals surface area (Å²) >= 11 is 0. The van der Waals surface area contributed by atoms with Crippen LogP contribution in [0.1, 0.15) is 36.2 Å². The van der Waals surface area contributed by atoms with Gasteiger partial charge in [-0.05, 0) is 69.5 Å². The van der Waals surface area contributed by atoms with Crippen molar-refractivity contribution in [3.05, 3.63) is 77.9 Å². The quantitative estimate of drug-likeness (QED) is 0.422. The summed E-state index contributed by atoms with van der Waals surface area (Å²) in [5, 5.41) is 0. The molecule has 182 valence electrons. The SMILES string of the molecule is COC1(COc2ccc(C)cc2)CCCN(Cc2cccc(OCCn3ccnc3C)c2)CC1. The zero-order valence-corrected chi connectivity index (χ0v) is 20.7. The van der Waals surface area contributed by atoms with E-state index in [9.17, 15) is 0 Å². The van der Waals surface area contributed by atoms with Crippen molar-refractivity contribution >= 4 is 0 Å². The molecule has 0 amide bonds. The number of hydrogen-bond donors (Lipinski definition) is 0. The number of methoxy groups -OCH3 is 1. The van der Waals surface area contributed by atoms with Crippen LogP contribution in [0.5, 0.6) is 11.5 Å². The number of imidazole rings is 1. The van der Waals surface area contributed by atoms with Crippen LogP contribution in [-0.2, 0) is 17.8 Å². The molecule has 34 heavy (non-hydrogen) atoms. The smallest absolute Gasteiger partial charge is 0.119 e. The number of aryl methyl sites for hydroxylation is 2. The second kappa shape index (κ2) is 11.5. The molecule has 1 aromatic heterocycles. The fraction of sp³-hybridized carbons (Fsp3) is 0.464. The Morgan fingerprint density at radius 1 is 0.971 bits per heavy atom. The van der Waals surface area contributed by atoms with E-state index in [2.05, 4.69) is 51.7 Å². The van der Waals surface area contributed by atoms with Crippen molar-refractivity contribution in [3.8, 4) is 11.5 Å². The summed E-state index contributed by atoms with van der Waals surface area (Å²) in [6.45, 7) is 9.06. The van der Waals surface area contributed by atoms with E-state index in [1.165, 1.54) is 11.1 Å². The molecule has 3 aromatic rings. The summed E-state index contributed by atoms with van der Waals surface area (Å²) in [4.78, 5) is 6.78. The average Bonchev–Trinajstić information content (AvgIpc) is 3.14. The molecule has 6 nitrogen and oxygen atoms in total. The molecule has 6 heteroatoms. The molecule has 1 aliphatic heterocycles. The van der Waals surface area contributed by atoms with Gasteiger partial charge in [-0.3, -0.25) is 4.90 Å². The number of aromatic nitrogens is 2. The van der Waals surface area contributed by atoms with Gasteiger partial charge >= 0.3 is 0 Å². The Kier molecular flexibility index (Phi) is 8.25. The van der Waals surface area contributed by atoms with Crippen molar-refractivity contribution < 1.29 is 14.2 Å². The van der Waals surface area contributed by atoms with Crippen molar-refractivity contribution in [2.24, 2.45) is 0 Å². The molecular formula is C28H37N3O3. The summed E-state index contributed by atoms with van der Waals surface area (Å²) in [7, 11) is 1.82. The molecule has 1 aliphatic rings. The summed E-state index contributed by atoms with van der Waals surface area (Å²) in [5.74, 6) is 2.83. The van der Waals surface area contributed by atoms with E-state index in [1.807, 2.05) is 44.6 Å². The lowest BCUT2D eigenvalue weighted by Gasteiger charge is -2.31. The highest BCUT2D eigenvalue weighted by molar-refractivity contribution is 5.28. The van der Waals surface area contributed by atoms with Crippen molar-refractivity contribution in [1.29, 1.82) is 0 Å². The normalized spacial score (nSPS) is 19.0. The van der Waals surface area contributed by atoms with Gasteiger partial charge in [0.2, 0.25) is 0 Å². The number of benzene rings is 2. The number of hydrogen-bond acceptors (Lipinski definition) is 5. The molecule has 0 saturated carbocycles. The topological polar surface area (TPSA) is 48.8 Å². The Labute approximate surface area is 203 Å². The number of rotatable bonds is 10. The van der Waals surface area contributed by atoms with Crippen LogP contribution in [0.15, 0.2) is 60.9 Å². The first-order valence-corrected chi connectivity index (χ1v) is 12.2. The second-order valence-electron chi connectivity index (χ2n) is 9.28. The van der Waals surface area contributed by atoms with E-state index in [0.717, 1.165) is 62.8 Å². The zero-order chi connectivity index (χ0) is 23.8. The van der Waals surface area contributed by atoms with Gasteiger partial charge in [-0.15, -0.1) is 0 Å². The van der Waals surface area contributed by atoms with Gasteiger partial charge in [0.1, 0.15) is 36.1 Å². The zero-order valence-electron chi connectivity index (χ0n) is 20.7. The van der Waals surface area contributed by atoms with Gasteiger partial charge in [0.05, 0.1) is 6.54 Å². The maximum atomic E-state index is 6.13. The predicted molar refractivity (Wildman–Crippen MR) is 134 cm³/mol. The molecule has 1 saturated heterocycles. The first-order chi connectivity index (χ1) is 16.5. The van der Waals surface area contributed by atoms with Crippen molar-refractivity contribution in [1.82, 2.24) is 14.5 Å².